The van der Waals surface area contributed by atoms with E-state index in [0.29, 0.717) is 38.0 Å². The lowest BCUT2D eigenvalue weighted by Gasteiger charge is -2.34. The fraction of sp³-hybridized carbons (Fsp3) is 0.684. The van der Waals surface area contributed by atoms with Crippen molar-refractivity contribution in [3.8, 4) is 0 Å². The summed E-state index contributed by atoms with van der Waals surface area (Å²) >= 11 is 0. The van der Waals surface area contributed by atoms with Crippen LogP contribution < -0.4 is 5.56 Å². The molecule has 0 amide bonds. The highest BCUT2D eigenvalue weighted by Crippen LogP contribution is 2.21. The molecule has 0 N–H and O–H groups in total. The molecule has 26 heavy (non-hydrogen) atoms. The number of rotatable bonds is 9. The Bertz CT molecular complexity index is 671. The van der Waals surface area contributed by atoms with E-state index >= 15 is 0 Å². The molecule has 0 aromatic carbocycles. The molecule has 2 heterocycles. The molecule has 146 valence electrons. The molecule has 1 aliphatic rings. The average Bonchev–Trinajstić information content (AvgIpc) is 2.58. The van der Waals surface area contributed by atoms with Crippen molar-refractivity contribution in [1.82, 2.24) is 9.47 Å². The maximum absolute atomic E-state index is 14.2. The summed E-state index contributed by atoms with van der Waals surface area (Å²) in [6.07, 6.45) is 2.50. The zero-order valence-electron chi connectivity index (χ0n) is 15.7. The van der Waals surface area contributed by atoms with E-state index in [9.17, 15) is 18.4 Å². The molecule has 0 aliphatic carbocycles. The third-order valence-corrected chi connectivity index (χ3v) is 4.90. The van der Waals surface area contributed by atoms with Gasteiger partial charge in [0.25, 0.3) is 5.56 Å². The van der Waals surface area contributed by atoms with Crippen LogP contribution in [-0.2, 0) is 16.0 Å². The predicted molar refractivity (Wildman–Crippen MR) is 95.4 cm³/mol. The number of likely N-dealkylation sites (tertiary alicyclic amines) is 1. The zero-order valence-corrected chi connectivity index (χ0v) is 15.7. The number of hydrogen-bond donors (Lipinski definition) is 0. The van der Waals surface area contributed by atoms with Crippen LogP contribution in [0.15, 0.2) is 17.1 Å². The first-order valence-electron chi connectivity index (χ1n) is 9.29. The van der Waals surface area contributed by atoms with Crippen molar-refractivity contribution >= 4 is 5.97 Å². The molecule has 2 atom stereocenters. The van der Waals surface area contributed by atoms with Gasteiger partial charge in [-0.2, -0.15) is 0 Å². The minimum absolute atomic E-state index is 0.186. The van der Waals surface area contributed by atoms with Crippen molar-refractivity contribution in [2.45, 2.75) is 52.2 Å². The van der Waals surface area contributed by atoms with Crippen molar-refractivity contribution in [2.24, 2.45) is 5.92 Å². The smallest absolute Gasteiger partial charge is 0.329 e. The molecule has 2 unspecified atom stereocenters. The largest absolute Gasteiger partial charge is 0.464 e. The van der Waals surface area contributed by atoms with Crippen molar-refractivity contribution in [3.05, 3.63) is 34.0 Å². The molecule has 1 aliphatic heterocycles. The molecule has 1 aromatic heterocycles. The maximum Gasteiger partial charge on any atom is 0.329 e. The second kappa shape index (κ2) is 9.26. The SMILES string of the molecule is CCOC(=O)C(CC(C)CC)n1cc(CCN2CC(F)C2)cc(F)c1=O. The van der Waals surface area contributed by atoms with Crippen molar-refractivity contribution in [3.63, 3.8) is 0 Å². The topological polar surface area (TPSA) is 51.5 Å². The van der Waals surface area contributed by atoms with Gasteiger partial charge in [-0.15, -0.1) is 0 Å². The van der Waals surface area contributed by atoms with Crippen molar-refractivity contribution < 1.29 is 18.3 Å². The van der Waals surface area contributed by atoms with Crippen LogP contribution in [0.3, 0.4) is 0 Å². The number of alkyl halides is 1. The van der Waals surface area contributed by atoms with E-state index in [0.717, 1.165) is 6.42 Å². The maximum atomic E-state index is 14.2. The molecule has 5 nitrogen and oxygen atoms in total. The van der Waals surface area contributed by atoms with Gasteiger partial charge < -0.3 is 4.74 Å². The number of nitrogens with zero attached hydrogens (tertiary/aromatic N) is 2. The number of carbonyl (C=O) groups excluding carboxylic acids is 1. The summed E-state index contributed by atoms with van der Waals surface area (Å²) in [5.74, 6) is -1.21. The van der Waals surface area contributed by atoms with Gasteiger partial charge in [-0.1, -0.05) is 20.3 Å². The van der Waals surface area contributed by atoms with Gasteiger partial charge in [0.15, 0.2) is 5.82 Å². The molecule has 0 saturated carbocycles. The lowest BCUT2D eigenvalue weighted by atomic mass is 9.98. The third kappa shape index (κ3) is 5.13. The molecular formula is C19H28F2N2O3. The first-order chi connectivity index (χ1) is 12.3. The van der Waals surface area contributed by atoms with Crippen LogP contribution in [-0.4, -0.2) is 47.8 Å². The molecule has 0 spiro atoms. The highest BCUT2D eigenvalue weighted by atomic mass is 19.1. The number of halogens is 2. The Morgan fingerprint density at radius 2 is 2.08 bits per heavy atom. The Labute approximate surface area is 152 Å². The van der Waals surface area contributed by atoms with Crippen molar-refractivity contribution in [2.75, 3.05) is 26.2 Å². The summed E-state index contributed by atoms with van der Waals surface area (Å²) in [4.78, 5) is 26.6. The summed E-state index contributed by atoms with van der Waals surface area (Å²) in [6.45, 7) is 7.25. The normalized spacial score (nSPS) is 17.6. The van der Waals surface area contributed by atoms with Crippen LogP contribution in [0.1, 0.15) is 45.2 Å². The first kappa shape index (κ1) is 20.6. The van der Waals surface area contributed by atoms with Gasteiger partial charge >= 0.3 is 5.97 Å². The van der Waals surface area contributed by atoms with Gasteiger partial charge in [0.1, 0.15) is 12.2 Å². The van der Waals surface area contributed by atoms with E-state index in [2.05, 4.69) is 0 Å². The lowest BCUT2D eigenvalue weighted by Crippen LogP contribution is -2.49. The number of carbonyl (C=O) groups is 1. The van der Waals surface area contributed by atoms with Crippen LogP contribution in [0.25, 0.3) is 0 Å². The Morgan fingerprint density at radius 3 is 2.65 bits per heavy atom. The van der Waals surface area contributed by atoms with E-state index < -0.39 is 29.6 Å². The number of aromatic nitrogens is 1. The van der Waals surface area contributed by atoms with Gasteiger partial charge in [0, 0.05) is 25.8 Å². The molecule has 0 bridgehead atoms. The summed E-state index contributed by atoms with van der Waals surface area (Å²) < 4.78 is 33.4. The second-order valence-electron chi connectivity index (χ2n) is 7.03. The Balaban J connectivity index is 2.24. The van der Waals surface area contributed by atoms with Gasteiger partial charge in [0.05, 0.1) is 6.61 Å². The summed E-state index contributed by atoms with van der Waals surface area (Å²) in [5, 5.41) is 0. The van der Waals surface area contributed by atoms with Crippen LogP contribution in [0.2, 0.25) is 0 Å². The van der Waals surface area contributed by atoms with E-state index in [1.165, 1.54) is 10.6 Å². The molecule has 7 heteroatoms. The van der Waals surface area contributed by atoms with E-state index in [1.807, 2.05) is 18.7 Å². The Kier molecular flexibility index (Phi) is 7.32. The van der Waals surface area contributed by atoms with Crippen LogP contribution in [0.4, 0.5) is 8.78 Å². The minimum Gasteiger partial charge on any atom is -0.464 e. The zero-order chi connectivity index (χ0) is 19.3. The monoisotopic (exact) mass is 370 g/mol. The highest BCUT2D eigenvalue weighted by Gasteiger charge is 2.27. The molecule has 0 radical (unpaired) electrons. The molecule has 1 aromatic rings. The molecule has 2 rings (SSSR count). The quantitative estimate of drug-likeness (QED) is 0.627. The second-order valence-corrected chi connectivity index (χ2v) is 7.03. The minimum atomic E-state index is -0.882. The first-order valence-corrected chi connectivity index (χ1v) is 9.29. The van der Waals surface area contributed by atoms with Crippen molar-refractivity contribution in [1.29, 1.82) is 0 Å². The fourth-order valence-electron chi connectivity index (χ4n) is 3.08. The van der Waals surface area contributed by atoms with Gasteiger partial charge in [0.2, 0.25) is 0 Å². The number of pyridine rings is 1. The average molecular weight is 370 g/mol. The summed E-state index contributed by atoms with van der Waals surface area (Å²) in [6, 6.07) is 0.364. The number of esters is 1. The fourth-order valence-corrected chi connectivity index (χ4v) is 3.08. The van der Waals surface area contributed by atoms with Crippen LogP contribution in [0.5, 0.6) is 0 Å². The number of ether oxygens (including phenoxy) is 1. The van der Waals surface area contributed by atoms with Crippen LogP contribution in [0, 0.1) is 11.7 Å². The predicted octanol–water partition coefficient (Wildman–Crippen LogP) is 2.72. The standard InChI is InChI=1S/C19H28F2N2O3/c1-4-13(3)8-17(19(25)26-5-2)23-10-14(9-16(21)18(23)24)6-7-22-11-15(20)12-22/h9-10,13,15,17H,4-8,11-12H2,1-3H3. The Morgan fingerprint density at radius 1 is 1.38 bits per heavy atom. The molecule has 1 saturated heterocycles. The third-order valence-electron chi connectivity index (χ3n) is 4.90. The lowest BCUT2D eigenvalue weighted by molar-refractivity contribution is -0.147. The van der Waals surface area contributed by atoms with Gasteiger partial charge in [-0.3, -0.25) is 14.3 Å². The van der Waals surface area contributed by atoms with E-state index in [4.69, 9.17) is 4.74 Å². The Hall–Kier alpha value is -1.76. The summed E-state index contributed by atoms with van der Waals surface area (Å²) in [5.41, 5.74) is -0.203. The van der Waals surface area contributed by atoms with E-state index in [1.54, 1.807) is 13.1 Å². The molecule has 1 fully saturated rings. The molecular weight excluding hydrogens is 342 g/mol. The van der Waals surface area contributed by atoms with E-state index in [-0.39, 0.29) is 12.5 Å². The summed E-state index contributed by atoms with van der Waals surface area (Å²) in [7, 11) is 0. The number of hydrogen-bond acceptors (Lipinski definition) is 4. The van der Waals surface area contributed by atoms with Crippen LogP contribution >= 0.6 is 0 Å². The van der Waals surface area contributed by atoms with Gasteiger partial charge in [-0.25, -0.2) is 13.6 Å². The highest BCUT2D eigenvalue weighted by molar-refractivity contribution is 5.74. The van der Waals surface area contributed by atoms with Gasteiger partial charge in [-0.05, 0) is 37.3 Å².